The van der Waals surface area contributed by atoms with Crippen LogP contribution in [0.2, 0.25) is 0 Å². The third kappa shape index (κ3) is 2.78. The van der Waals surface area contributed by atoms with E-state index >= 15 is 0 Å². The second kappa shape index (κ2) is 4.91. The molecule has 0 atom stereocenters. The van der Waals surface area contributed by atoms with Crippen molar-refractivity contribution in [2.75, 3.05) is 11.9 Å². The van der Waals surface area contributed by atoms with Crippen LogP contribution >= 0.6 is 0 Å². The highest BCUT2D eigenvalue weighted by Gasteiger charge is 2.05. The van der Waals surface area contributed by atoms with Crippen LogP contribution in [-0.4, -0.2) is 17.6 Å². The maximum absolute atomic E-state index is 11.7. The monoisotopic (exact) mass is 231 g/mol. The third-order valence-corrected chi connectivity index (χ3v) is 2.51. The molecule has 2 aromatic rings. The van der Waals surface area contributed by atoms with Crippen molar-refractivity contribution in [3.8, 4) is 0 Å². The summed E-state index contributed by atoms with van der Waals surface area (Å²) in [7, 11) is 0. The van der Waals surface area contributed by atoms with Crippen LogP contribution in [0.3, 0.4) is 0 Å². The van der Waals surface area contributed by atoms with Gasteiger partial charge in [-0.05, 0) is 24.1 Å². The van der Waals surface area contributed by atoms with Crippen LogP contribution in [-0.2, 0) is 0 Å². The number of amides is 2. The predicted molar refractivity (Wildman–Crippen MR) is 70.2 cm³/mol. The Morgan fingerprint density at radius 2 is 2.18 bits per heavy atom. The van der Waals surface area contributed by atoms with Gasteiger partial charge in [-0.2, -0.15) is 0 Å². The largest absolute Gasteiger partial charge is 0.361 e. The molecule has 0 unspecified atom stereocenters. The number of nitrogens with one attached hydrogen (secondary N) is 3. The standard InChI is InChI=1S/C13H17N3O/c1-9(2)8-15-13(17)16-12-5-3-4-11-10(12)6-7-14-11/h3-7,9,14H,8H2,1-2H3,(H2,15,16,17). The average Bonchev–Trinajstić information content (AvgIpc) is 2.75. The summed E-state index contributed by atoms with van der Waals surface area (Å²) in [5.74, 6) is 0.448. The maximum Gasteiger partial charge on any atom is 0.319 e. The van der Waals surface area contributed by atoms with Crippen molar-refractivity contribution in [1.29, 1.82) is 0 Å². The zero-order valence-corrected chi connectivity index (χ0v) is 10.1. The lowest BCUT2D eigenvalue weighted by molar-refractivity contribution is 0.251. The van der Waals surface area contributed by atoms with Crippen molar-refractivity contribution in [3.63, 3.8) is 0 Å². The number of fused-ring (bicyclic) bond motifs is 1. The van der Waals surface area contributed by atoms with Gasteiger partial charge in [0.1, 0.15) is 0 Å². The van der Waals surface area contributed by atoms with E-state index in [1.165, 1.54) is 0 Å². The summed E-state index contributed by atoms with van der Waals surface area (Å²) in [6.07, 6.45) is 1.86. The topological polar surface area (TPSA) is 56.9 Å². The summed E-state index contributed by atoms with van der Waals surface area (Å²) >= 11 is 0. The fourth-order valence-corrected chi connectivity index (χ4v) is 1.66. The zero-order chi connectivity index (χ0) is 12.3. The number of H-pyrrole nitrogens is 1. The van der Waals surface area contributed by atoms with Gasteiger partial charge < -0.3 is 15.6 Å². The molecule has 0 bridgehead atoms. The van der Waals surface area contributed by atoms with E-state index in [0.29, 0.717) is 12.5 Å². The number of hydrogen-bond acceptors (Lipinski definition) is 1. The molecule has 0 saturated carbocycles. The van der Waals surface area contributed by atoms with Crippen molar-refractivity contribution in [2.24, 2.45) is 5.92 Å². The molecule has 0 spiro atoms. The van der Waals surface area contributed by atoms with Crippen LogP contribution in [0.15, 0.2) is 30.5 Å². The molecule has 17 heavy (non-hydrogen) atoms. The molecule has 1 aromatic carbocycles. The number of rotatable bonds is 3. The van der Waals surface area contributed by atoms with Gasteiger partial charge in [-0.15, -0.1) is 0 Å². The van der Waals surface area contributed by atoms with Crippen LogP contribution in [0.4, 0.5) is 10.5 Å². The summed E-state index contributed by atoms with van der Waals surface area (Å²) in [5.41, 5.74) is 1.84. The fraction of sp³-hybridized carbons (Fsp3) is 0.308. The molecule has 1 heterocycles. The predicted octanol–water partition coefficient (Wildman–Crippen LogP) is 2.95. The normalized spacial score (nSPS) is 10.8. The highest BCUT2D eigenvalue weighted by molar-refractivity contribution is 6.00. The molecular weight excluding hydrogens is 214 g/mol. The number of carbonyl (C=O) groups excluding carboxylic acids is 1. The van der Waals surface area contributed by atoms with Crippen molar-refractivity contribution in [1.82, 2.24) is 10.3 Å². The number of benzene rings is 1. The van der Waals surface area contributed by atoms with E-state index in [4.69, 9.17) is 0 Å². The molecule has 0 saturated heterocycles. The SMILES string of the molecule is CC(C)CNC(=O)Nc1cccc2[nH]ccc12. The van der Waals surface area contributed by atoms with Gasteiger partial charge in [-0.25, -0.2) is 4.79 Å². The Bertz CT molecular complexity index is 516. The first kappa shape index (κ1) is 11.5. The summed E-state index contributed by atoms with van der Waals surface area (Å²) < 4.78 is 0. The second-order valence-corrected chi connectivity index (χ2v) is 4.47. The molecule has 90 valence electrons. The summed E-state index contributed by atoms with van der Waals surface area (Å²) in [6.45, 7) is 4.80. The Hall–Kier alpha value is -1.97. The number of aromatic nitrogens is 1. The Balaban J connectivity index is 2.08. The highest BCUT2D eigenvalue weighted by atomic mass is 16.2. The molecule has 0 fully saturated rings. The van der Waals surface area contributed by atoms with Crippen LogP contribution < -0.4 is 10.6 Å². The summed E-state index contributed by atoms with van der Waals surface area (Å²) in [4.78, 5) is 14.8. The van der Waals surface area contributed by atoms with Gasteiger partial charge in [0, 0.05) is 23.6 Å². The number of aromatic amines is 1. The lowest BCUT2D eigenvalue weighted by atomic mass is 10.2. The third-order valence-electron chi connectivity index (χ3n) is 2.51. The molecule has 0 aliphatic carbocycles. The van der Waals surface area contributed by atoms with Crippen molar-refractivity contribution >= 4 is 22.6 Å². The van der Waals surface area contributed by atoms with E-state index in [-0.39, 0.29) is 6.03 Å². The van der Waals surface area contributed by atoms with Gasteiger partial charge in [0.15, 0.2) is 0 Å². The van der Waals surface area contributed by atoms with Gasteiger partial charge in [0.2, 0.25) is 0 Å². The first-order valence-corrected chi connectivity index (χ1v) is 5.78. The Morgan fingerprint density at radius 3 is 2.94 bits per heavy atom. The van der Waals surface area contributed by atoms with Gasteiger partial charge in [0.05, 0.1) is 5.69 Å². The minimum Gasteiger partial charge on any atom is -0.361 e. The fourth-order valence-electron chi connectivity index (χ4n) is 1.66. The Morgan fingerprint density at radius 1 is 1.35 bits per heavy atom. The van der Waals surface area contributed by atoms with Crippen LogP contribution in [0.25, 0.3) is 10.9 Å². The van der Waals surface area contributed by atoms with E-state index in [2.05, 4.69) is 29.5 Å². The molecule has 2 amide bonds. The Kier molecular flexibility index (Phi) is 3.32. The molecule has 1 aromatic heterocycles. The van der Waals surface area contributed by atoms with Gasteiger partial charge in [0.25, 0.3) is 0 Å². The Labute approximate surface area is 100 Å². The molecular formula is C13H17N3O. The van der Waals surface area contributed by atoms with E-state index < -0.39 is 0 Å². The molecule has 3 N–H and O–H groups in total. The number of hydrogen-bond donors (Lipinski definition) is 3. The summed E-state index contributed by atoms with van der Waals surface area (Å²) in [6, 6.07) is 7.58. The minimum absolute atomic E-state index is 0.160. The molecule has 4 nitrogen and oxygen atoms in total. The van der Waals surface area contributed by atoms with Crippen molar-refractivity contribution in [2.45, 2.75) is 13.8 Å². The first-order valence-electron chi connectivity index (χ1n) is 5.78. The number of urea groups is 1. The maximum atomic E-state index is 11.7. The van der Waals surface area contributed by atoms with E-state index in [1.807, 2.05) is 30.5 Å². The quantitative estimate of drug-likeness (QED) is 0.747. The lowest BCUT2D eigenvalue weighted by Gasteiger charge is -2.10. The molecule has 0 radical (unpaired) electrons. The van der Waals surface area contributed by atoms with Crippen LogP contribution in [0, 0.1) is 5.92 Å². The molecule has 4 heteroatoms. The number of anilines is 1. The smallest absolute Gasteiger partial charge is 0.319 e. The van der Waals surface area contributed by atoms with Gasteiger partial charge >= 0.3 is 6.03 Å². The first-order chi connectivity index (χ1) is 8.16. The van der Waals surface area contributed by atoms with Crippen molar-refractivity contribution in [3.05, 3.63) is 30.5 Å². The van der Waals surface area contributed by atoms with Crippen LogP contribution in [0.1, 0.15) is 13.8 Å². The molecule has 2 rings (SSSR count). The van der Waals surface area contributed by atoms with E-state index in [0.717, 1.165) is 16.6 Å². The highest BCUT2D eigenvalue weighted by Crippen LogP contribution is 2.21. The van der Waals surface area contributed by atoms with Crippen molar-refractivity contribution < 1.29 is 4.79 Å². The summed E-state index contributed by atoms with van der Waals surface area (Å²) in [5, 5.41) is 6.70. The van der Waals surface area contributed by atoms with Gasteiger partial charge in [-0.3, -0.25) is 0 Å². The average molecular weight is 231 g/mol. The minimum atomic E-state index is -0.160. The second-order valence-electron chi connectivity index (χ2n) is 4.47. The molecule has 0 aliphatic heterocycles. The van der Waals surface area contributed by atoms with E-state index in [9.17, 15) is 4.79 Å². The lowest BCUT2D eigenvalue weighted by Crippen LogP contribution is -2.31. The molecule has 0 aliphatic rings. The van der Waals surface area contributed by atoms with Crippen LogP contribution in [0.5, 0.6) is 0 Å². The van der Waals surface area contributed by atoms with Gasteiger partial charge in [-0.1, -0.05) is 19.9 Å². The van der Waals surface area contributed by atoms with E-state index in [1.54, 1.807) is 0 Å². The number of carbonyl (C=O) groups is 1. The zero-order valence-electron chi connectivity index (χ0n) is 10.1.